The normalized spacial score (nSPS) is 17.4. The summed E-state index contributed by atoms with van der Waals surface area (Å²) in [5.41, 5.74) is 8.44. The fourth-order valence-electron chi connectivity index (χ4n) is 3.17. The molecule has 26 heavy (non-hydrogen) atoms. The number of morpholine rings is 1. The van der Waals surface area contributed by atoms with E-state index < -0.39 is 0 Å². The Morgan fingerprint density at radius 3 is 2.73 bits per heavy atom. The number of ether oxygens (including phenoxy) is 1. The molecule has 2 aromatic rings. The van der Waals surface area contributed by atoms with Gasteiger partial charge in [-0.2, -0.15) is 0 Å². The molecule has 2 aliphatic rings. The Hall–Kier alpha value is -2.05. The molecule has 2 heterocycles. The highest BCUT2D eigenvalue weighted by Gasteiger charge is 2.23. The molecule has 7 heteroatoms. The largest absolute Gasteiger partial charge is 0.396 e. The summed E-state index contributed by atoms with van der Waals surface area (Å²) in [6, 6.07) is 5.32. The second kappa shape index (κ2) is 7.29. The molecule has 0 spiro atoms. The van der Waals surface area contributed by atoms with Crippen LogP contribution in [0.15, 0.2) is 24.4 Å². The minimum Gasteiger partial charge on any atom is -0.396 e. The quantitative estimate of drug-likeness (QED) is 0.777. The van der Waals surface area contributed by atoms with Gasteiger partial charge in [0.25, 0.3) is 0 Å². The van der Waals surface area contributed by atoms with Crippen LogP contribution in [-0.4, -0.2) is 37.8 Å². The monoisotopic (exact) mass is 376 g/mol. The number of nitrogen functional groups attached to an aromatic ring is 1. The molecular formula is C19H22ClFN4O. The molecule has 1 aromatic heterocycles. The highest BCUT2D eigenvalue weighted by Crippen LogP contribution is 2.40. The molecule has 0 amide bonds. The van der Waals surface area contributed by atoms with E-state index in [4.69, 9.17) is 22.1 Å². The van der Waals surface area contributed by atoms with Crippen molar-refractivity contribution in [3.8, 4) is 11.1 Å². The van der Waals surface area contributed by atoms with Crippen LogP contribution >= 0.6 is 11.6 Å². The molecule has 3 N–H and O–H groups in total. The SMILES string of the molecule is Nc1c(NCC2CC2)ccc(-c2ccnc(N3CCOCC3)c2F)c1Cl. The van der Waals surface area contributed by atoms with Gasteiger partial charge in [0.15, 0.2) is 11.6 Å². The van der Waals surface area contributed by atoms with Gasteiger partial charge in [-0.1, -0.05) is 17.7 Å². The number of rotatable bonds is 5. The average molecular weight is 377 g/mol. The summed E-state index contributed by atoms with van der Waals surface area (Å²) in [6.45, 7) is 3.27. The summed E-state index contributed by atoms with van der Waals surface area (Å²) in [6.07, 6.45) is 4.12. The third-order valence-electron chi connectivity index (χ3n) is 4.93. The van der Waals surface area contributed by atoms with Gasteiger partial charge < -0.3 is 20.7 Å². The number of nitrogens with one attached hydrogen (secondary N) is 1. The predicted octanol–water partition coefficient (Wildman–Crippen LogP) is 3.78. The molecule has 1 aliphatic heterocycles. The summed E-state index contributed by atoms with van der Waals surface area (Å²) >= 11 is 6.49. The smallest absolute Gasteiger partial charge is 0.173 e. The summed E-state index contributed by atoms with van der Waals surface area (Å²) in [5.74, 6) is 0.673. The molecule has 0 radical (unpaired) electrons. The molecule has 0 unspecified atom stereocenters. The van der Waals surface area contributed by atoms with Gasteiger partial charge in [-0.05, 0) is 30.9 Å². The standard InChI is InChI=1S/C19H22ClFN4O/c20-16-13(3-4-15(18(16)22)24-11-12-1-2-12)14-5-6-23-19(17(14)21)25-7-9-26-10-8-25/h3-6,12,24H,1-2,7-11,22H2. The third-order valence-corrected chi connectivity index (χ3v) is 5.34. The van der Waals surface area contributed by atoms with Crippen molar-refractivity contribution in [2.75, 3.05) is 48.8 Å². The number of aromatic nitrogens is 1. The summed E-state index contributed by atoms with van der Waals surface area (Å²) in [5, 5.41) is 3.70. The number of nitrogens with zero attached hydrogens (tertiary/aromatic N) is 2. The van der Waals surface area contributed by atoms with Crippen molar-refractivity contribution in [2.45, 2.75) is 12.8 Å². The topological polar surface area (TPSA) is 63.4 Å². The van der Waals surface area contributed by atoms with Gasteiger partial charge >= 0.3 is 0 Å². The van der Waals surface area contributed by atoms with E-state index in [0.717, 1.165) is 18.2 Å². The minimum absolute atomic E-state index is 0.330. The van der Waals surface area contributed by atoms with E-state index in [1.54, 1.807) is 12.3 Å². The Morgan fingerprint density at radius 1 is 1.23 bits per heavy atom. The highest BCUT2D eigenvalue weighted by molar-refractivity contribution is 6.36. The minimum atomic E-state index is -0.380. The van der Waals surface area contributed by atoms with E-state index in [1.807, 2.05) is 17.0 Å². The molecule has 4 rings (SSSR count). The maximum absolute atomic E-state index is 15.2. The molecule has 1 saturated carbocycles. The van der Waals surface area contributed by atoms with Crippen molar-refractivity contribution >= 4 is 28.8 Å². The molecule has 0 atom stereocenters. The molecule has 1 saturated heterocycles. The Labute approximate surface area is 157 Å². The van der Waals surface area contributed by atoms with Gasteiger partial charge in [-0.3, -0.25) is 0 Å². The van der Waals surface area contributed by atoms with Crippen molar-refractivity contribution in [1.82, 2.24) is 4.98 Å². The van der Waals surface area contributed by atoms with Gasteiger partial charge in [0, 0.05) is 37.0 Å². The van der Waals surface area contributed by atoms with Gasteiger partial charge in [0.05, 0.1) is 29.6 Å². The molecule has 1 aliphatic carbocycles. The lowest BCUT2D eigenvalue weighted by atomic mass is 10.0. The van der Waals surface area contributed by atoms with Crippen molar-refractivity contribution < 1.29 is 9.13 Å². The van der Waals surface area contributed by atoms with E-state index in [2.05, 4.69) is 10.3 Å². The first-order valence-corrected chi connectivity index (χ1v) is 9.32. The number of hydrogen-bond acceptors (Lipinski definition) is 5. The molecule has 2 fully saturated rings. The number of nitrogens with two attached hydrogens (primary N) is 1. The fraction of sp³-hybridized carbons (Fsp3) is 0.421. The zero-order chi connectivity index (χ0) is 18.1. The lowest BCUT2D eigenvalue weighted by Crippen LogP contribution is -2.37. The van der Waals surface area contributed by atoms with E-state index in [1.165, 1.54) is 12.8 Å². The van der Waals surface area contributed by atoms with Crippen molar-refractivity contribution in [2.24, 2.45) is 5.92 Å². The van der Waals surface area contributed by atoms with Crippen molar-refractivity contribution in [3.63, 3.8) is 0 Å². The first kappa shape index (κ1) is 17.4. The van der Waals surface area contributed by atoms with Crippen LogP contribution in [0.2, 0.25) is 5.02 Å². The predicted molar refractivity (Wildman–Crippen MR) is 103 cm³/mol. The lowest BCUT2D eigenvalue weighted by Gasteiger charge is -2.28. The Balaban J connectivity index is 1.65. The van der Waals surface area contributed by atoms with E-state index in [0.29, 0.717) is 54.0 Å². The van der Waals surface area contributed by atoms with Gasteiger partial charge in [0.2, 0.25) is 0 Å². The van der Waals surface area contributed by atoms with E-state index in [9.17, 15) is 0 Å². The molecule has 1 aromatic carbocycles. The van der Waals surface area contributed by atoms with Crippen LogP contribution in [0.5, 0.6) is 0 Å². The van der Waals surface area contributed by atoms with Crippen LogP contribution in [0.4, 0.5) is 21.6 Å². The zero-order valence-electron chi connectivity index (χ0n) is 14.5. The first-order valence-electron chi connectivity index (χ1n) is 8.94. The Kier molecular flexibility index (Phi) is 4.87. The van der Waals surface area contributed by atoms with Crippen molar-refractivity contribution in [3.05, 3.63) is 35.2 Å². The second-order valence-corrected chi connectivity index (χ2v) is 7.19. The fourth-order valence-corrected chi connectivity index (χ4v) is 3.43. The number of pyridine rings is 1. The molecule has 5 nitrogen and oxygen atoms in total. The highest BCUT2D eigenvalue weighted by atomic mass is 35.5. The van der Waals surface area contributed by atoms with Crippen LogP contribution in [0.25, 0.3) is 11.1 Å². The zero-order valence-corrected chi connectivity index (χ0v) is 15.2. The van der Waals surface area contributed by atoms with Gasteiger partial charge in [0.1, 0.15) is 0 Å². The Bertz CT molecular complexity index is 806. The molecule has 0 bridgehead atoms. The van der Waals surface area contributed by atoms with Crippen molar-refractivity contribution in [1.29, 1.82) is 0 Å². The lowest BCUT2D eigenvalue weighted by molar-refractivity contribution is 0.122. The number of hydrogen-bond donors (Lipinski definition) is 2. The van der Waals surface area contributed by atoms with Gasteiger partial charge in [-0.25, -0.2) is 9.37 Å². The summed E-state index contributed by atoms with van der Waals surface area (Å²) < 4.78 is 20.5. The first-order chi connectivity index (χ1) is 12.6. The maximum atomic E-state index is 15.2. The molecular weight excluding hydrogens is 355 g/mol. The van der Waals surface area contributed by atoms with Crippen LogP contribution in [0.3, 0.4) is 0 Å². The van der Waals surface area contributed by atoms with E-state index in [-0.39, 0.29) is 5.82 Å². The van der Waals surface area contributed by atoms with Crippen LogP contribution < -0.4 is 16.0 Å². The van der Waals surface area contributed by atoms with Crippen LogP contribution in [0, 0.1) is 11.7 Å². The number of halogens is 2. The maximum Gasteiger partial charge on any atom is 0.173 e. The Morgan fingerprint density at radius 2 is 2.00 bits per heavy atom. The van der Waals surface area contributed by atoms with E-state index >= 15 is 4.39 Å². The summed E-state index contributed by atoms with van der Waals surface area (Å²) in [7, 11) is 0. The summed E-state index contributed by atoms with van der Waals surface area (Å²) in [4.78, 5) is 6.12. The average Bonchev–Trinajstić information content (AvgIpc) is 3.49. The second-order valence-electron chi connectivity index (χ2n) is 6.81. The van der Waals surface area contributed by atoms with Crippen LogP contribution in [0.1, 0.15) is 12.8 Å². The third kappa shape index (κ3) is 3.44. The molecule has 138 valence electrons. The number of anilines is 3. The van der Waals surface area contributed by atoms with Crippen LogP contribution in [-0.2, 0) is 4.74 Å². The number of benzene rings is 1. The van der Waals surface area contributed by atoms with Gasteiger partial charge in [-0.15, -0.1) is 0 Å².